The minimum atomic E-state index is 0.510. The van der Waals surface area contributed by atoms with E-state index in [1.165, 1.54) is 11.1 Å². The number of fused-ring (bicyclic) bond motifs is 1. The minimum absolute atomic E-state index is 0.510. The molecule has 1 aliphatic rings. The summed E-state index contributed by atoms with van der Waals surface area (Å²) in [4.78, 5) is 0. The molecule has 1 atom stereocenters. The topological polar surface area (TPSA) is 29.9 Å². The molecule has 0 aliphatic carbocycles. The first kappa shape index (κ1) is 12.3. The van der Waals surface area contributed by atoms with Gasteiger partial charge in [-0.2, -0.15) is 5.10 Å². The van der Waals surface area contributed by atoms with Gasteiger partial charge in [-0.1, -0.05) is 43.7 Å². The highest BCUT2D eigenvalue weighted by Gasteiger charge is 2.24. The average molecular weight is 255 g/mol. The highest BCUT2D eigenvalue weighted by Crippen LogP contribution is 2.32. The molecule has 0 spiro atoms. The Morgan fingerprint density at radius 1 is 1.26 bits per heavy atom. The molecule has 0 fully saturated rings. The highest BCUT2D eigenvalue weighted by atomic mass is 15.4. The third-order valence-electron chi connectivity index (χ3n) is 3.91. The summed E-state index contributed by atoms with van der Waals surface area (Å²) in [5.41, 5.74) is 3.54. The second kappa shape index (κ2) is 4.72. The molecule has 3 rings (SSSR count). The molecule has 19 heavy (non-hydrogen) atoms. The monoisotopic (exact) mass is 255 g/mol. The van der Waals surface area contributed by atoms with Crippen molar-refractivity contribution < 1.29 is 0 Å². The molecule has 2 aromatic rings. The molecule has 1 unspecified atom stereocenters. The molecule has 100 valence electrons. The van der Waals surface area contributed by atoms with Gasteiger partial charge in [-0.3, -0.25) is 0 Å². The van der Waals surface area contributed by atoms with Crippen molar-refractivity contribution in [1.29, 1.82) is 0 Å². The van der Waals surface area contributed by atoms with Gasteiger partial charge >= 0.3 is 0 Å². The van der Waals surface area contributed by atoms with Crippen LogP contribution in [0.2, 0.25) is 0 Å². The lowest BCUT2D eigenvalue weighted by atomic mass is 10.00. The fourth-order valence-electron chi connectivity index (χ4n) is 2.73. The molecule has 3 nitrogen and oxygen atoms in total. The number of rotatable bonds is 2. The van der Waals surface area contributed by atoms with Crippen LogP contribution in [0.4, 0.5) is 5.82 Å². The second-order valence-corrected chi connectivity index (χ2v) is 5.75. The predicted octanol–water partition coefficient (Wildman–Crippen LogP) is 3.87. The maximum Gasteiger partial charge on any atom is 0.125 e. The van der Waals surface area contributed by atoms with Crippen molar-refractivity contribution in [1.82, 2.24) is 9.78 Å². The van der Waals surface area contributed by atoms with Gasteiger partial charge in [0, 0.05) is 18.2 Å². The molecule has 1 aromatic heterocycles. The average Bonchev–Trinajstić information content (AvgIpc) is 2.82. The molecule has 1 aliphatic heterocycles. The van der Waals surface area contributed by atoms with Gasteiger partial charge in [0.25, 0.3) is 0 Å². The van der Waals surface area contributed by atoms with Gasteiger partial charge in [0.2, 0.25) is 0 Å². The summed E-state index contributed by atoms with van der Waals surface area (Å²) in [5, 5.41) is 8.26. The van der Waals surface area contributed by atoms with Crippen LogP contribution in [-0.4, -0.2) is 16.3 Å². The molecular formula is C16H21N3. The van der Waals surface area contributed by atoms with Crippen LogP contribution in [0.3, 0.4) is 0 Å². The van der Waals surface area contributed by atoms with Crippen molar-refractivity contribution in [2.24, 2.45) is 5.92 Å². The van der Waals surface area contributed by atoms with Gasteiger partial charge < -0.3 is 5.32 Å². The summed E-state index contributed by atoms with van der Waals surface area (Å²) < 4.78 is 2.17. The molecule has 1 N–H and O–H groups in total. The van der Waals surface area contributed by atoms with E-state index in [0.29, 0.717) is 12.0 Å². The van der Waals surface area contributed by atoms with Crippen LogP contribution in [0.25, 0.3) is 11.3 Å². The van der Waals surface area contributed by atoms with Gasteiger partial charge in [-0.05, 0) is 19.3 Å². The molecule has 0 amide bonds. The Labute approximate surface area is 114 Å². The number of aromatic nitrogens is 2. The van der Waals surface area contributed by atoms with E-state index >= 15 is 0 Å². The van der Waals surface area contributed by atoms with Crippen molar-refractivity contribution in [2.75, 3.05) is 11.9 Å². The maximum atomic E-state index is 4.81. The van der Waals surface area contributed by atoms with E-state index in [1.807, 2.05) is 0 Å². The Morgan fingerprint density at radius 2 is 2.00 bits per heavy atom. The van der Waals surface area contributed by atoms with E-state index in [9.17, 15) is 0 Å². The van der Waals surface area contributed by atoms with Crippen LogP contribution in [0.1, 0.15) is 31.9 Å². The summed E-state index contributed by atoms with van der Waals surface area (Å²) in [5.74, 6) is 1.77. The molecule has 2 heterocycles. The SMILES string of the molecule is Cc1ccc(-c2cc3n(n2)C(C(C)C)CCN3)cc1. The summed E-state index contributed by atoms with van der Waals surface area (Å²) in [6, 6.07) is 11.2. The maximum absolute atomic E-state index is 4.81. The third-order valence-corrected chi connectivity index (χ3v) is 3.91. The minimum Gasteiger partial charge on any atom is -0.370 e. The quantitative estimate of drug-likeness (QED) is 0.882. The van der Waals surface area contributed by atoms with Crippen molar-refractivity contribution in [3.05, 3.63) is 35.9 Å². The molecule has 3 heteroatoms. The zero-order chi connectivity index (χ0) is 13.4. The number of hydrogen-bond donors (Lipinski definition) is 1. The normalized spacial score (nSPS) is 18.2. The van der Waals surface area contributed by atoms with E-state index < -0.39 is 0 Å². The predicted molar refractivity (Wildman–Crippen MR) is 79.4 cm³/mol. The van der Waals surface area contributed by atoms with Crippen LogP contribution in [-0.2, 0) is 0 Å². The zero-order valence-electron chi connectivity index (χ0n) is 11.9. The number of nitrogens with zero attached hydrogens (tertiary/aromatic N) is 2. The van der Waals surface area contributed by atoms with Crippen molar-refractivity contribution in [3.8, 4) is 11.3 Å². The Kier molecular flexibility index (Phi) is 3.05. The van der Waals surface area contributed by atoms with Crippen molar-refractivity contribution in [3.63, 3.8) is 0 Å². The molecule has 0 bridgehead atoms. The van der Waals surface area contributed by atoms with E-state index in [1.54, 1.807) is 0 Å². The molecule has 0 radical (unpaired) electrons. The number of hydrogen-bond acceptors (Lipinski definition) is 2. The van der Waals surface area contributed by atoms with Crippen LogP contribution >= 0.6 is 0 Å². The van der Waals surface area contributed by atoms with Gasteiger partial charge in [0.15, 0.2) is 0 Å². The van der Waals surface area contributed by atoms with Gasteiger partial charge in [0.1, 0.15) is 5.82 Å². The number of aryl methyl sites for hydroxylation is 1. The van der Waals surface area contributed by atoms with E-state index in [2.05, 4.69) is 61.1 Å². The van der Waals surface area contributed by atoms with Crippen molar-refractivity contribution in [2.45, 2.75) is 33.2 Å². The Morgan fingerprint density at radius 3 is 2.68 bits per heavy atom. The third kappa shape index (κ3) is 2.25. The van der Waals surface area contributed by atoms with E-state index in [-0.39, 0.29) is 0 Å². The molecule has 0 saturated carbocycles. The van der Waals surface area contributed by atoms with Gasteiger partial charge in [0.05, 0.1) is 11.7 Å². The molecule has 0 saturated heterocycles. The number of nitrogens with one attached hydrogen (secondary N) is 1. The summed E-state index contributed by atoms with van der Waals surface area (Å²) in [6.45, 7) is 7.69. The molecular weight excluding hydrogens is 234 g/mol. The first-order valence-electron chi connectivity index (χ1n) is 7.05. The highest BCUT2D eigenvalue weighted by molar-refractivity contribution is 5.63. The van der Waals surface area contributed by atoms with Gasteiger partial charge in [-0.15, -0.1) is 0 Å². The number of anilines is 1. The summed E-state index contributed by atoms with van der Waals surface area (Å²) in [7, 11) is 0. The van der Waals surface area contributed by atoms with Crippen LogP contribution in [0.15, 0.2) is 30.3 Å². The Bertz CT molecular complexity index is 566. The lowest BCUT2D eigenvalue weighted by Crippen LogP contribution is -2.26. The second-order valence-electron chi connectivity index (χ2n) is 5.75. The van der Waals surface area contributed by atoms with E-state index in [4.69, 9.17) is 5.10 Å². The summed E-state index contributed by atoms with van der Waals surface area (Å²) in [6.07, 6.45) is 1.15. The summed E-state index contributed by atoms with van der Waals surface area (Å²) >= 11 is 0. The largest absolute Gasteiger partial charge is 0.370 e. The zero-order valence-corrected chi connectivity index (χ0v) is 11.9. The fraction of sp³-hybridized carbons (Fsp3) is 0.438. The Balaban J connectivity index is 1.99. The number of benzene rings is 1. The van der Waals surface area contributed by atoms with Crippen LogP contribution in [0.5, 0.6) is 0 Å². The molecule has 1 aromatic carbocycles. The smallest absolute Gasteiger partial charge is 0.125 e. The first-order chi connectivity index (χ1) is 9.15. The van der Waals surface area contributed by atoms with Crippen LogP contribution in [0, 0.1) is 12.8 Å². The lowest BCUT2D eigenvalue weighted by Gasteiger charge is -2.28. The first-order valence-corrected chi connectivity index (χ1v) is 7.05. The van der Waals surface area contributed by atoms with Crippen molar-refractivity contribution >= 4 is 5.82 Å². The fourth-order valence-corrected chi connectivity index (χ4v) is 2.73. The standard InChI is InChI=1S/C16H21N3/c1-11(2)15-8-9-17-16-10-14(18-19(15)16)13-6-4-12(3)5-7-13/h4-7,10-11,15,17H,8-9H2,1-3H3. The van der Waals surface area contributed by atoms with Crippen LogP contribution < -0.4 is 5.32 Å². The van der Waals surface area contributed by atoms with Gasteiger partial charge in [-0.25, -0.2) is 4.68 Å². The Hall–Kier alpha value is -1.77. The lowest BCUT2D eigenvalue weighted by molar-refractivity contribution is 0.323. The van der Waals surface area contributed by atoms with E-state index in [0.717, 1.165) is 24.5 Å².